The van der Waals surface area contributed by atoms with Gasteiger partial charge in [0.05, 0.1) is 18.1 Å². The highest BCUT2D eigenvalue weighted by Crippen LogP contribution is 2.70. The number of aliphatic carboxylic acids is 1. The van der Waals surface area contributed by atoms with Crippen molar-refractivity contribution in [2.24, 2.45) is 40.4 Å². The van der Waals surface area contributed by atoms with Crippen LogP contribution >= 0.6 is 22.6 Å². The normalized spacial score (nSPS) is 43.0. The smallest absolute Gasteiger partial charge is 0.397 e. The number of hydrogen-bond acceptors (Lipinski definition) is 12. The summed E-state index contributed by atoms with van der Waals surface area (Å²) in [6, 6.07) is 0. The summed E-state index contributed by atoms with van der Waals surface area (Å²) in [5, 5.41) is 21.9. The number of esters is 1. The van der Waals surface area contributed by atoms with Gasteiger partial charge >= 0.3 is 32.7 Å². The fourth-order valence-electron chi connectivity index (χ4n) is 9.80. The van der Waals surface area contributed by atoms with Gasteiger partial charge in [-0.25, -0.2) is 8.37 Å². The van der Waals surface area contributed by atoms with Crippen LogP contribution in [-0.4, -0.2) is 95.4 Å². The monoisotopic (exact) mass is 834 g/mol. The molecule has 13 atom stereocenters. The van der Waals surface area contributed by atoms with Crippen LogP contribution in [0.25, 0.3) is 0 Å². The van der Waals surface area contributed by atoms with E-state index in [9.17, 15) is 45.7 Å². The van der Waals surface area contributed by atoms with Gasteiger partial charge in [-0.1, -0.05) is 49.9 Å². The first-order valence-electron chi connectivity index (χ1n) is 16.2. The number of carboxylic acid groups (broad SMARTS) is 1. The molecular formula is C30H45IO15S2. The Kier molecular flexibility index (Phi) is 11.1. The van der Waals surface area contributed by atoms with Gasteiger partial charge in [0.15, 0.2) is 18.5 Å². The van der Waals surface area contributed by atoms with Gasteiger partial charge in [-0.15, -0.1) is 0 Å². The standard InChI is InChI=1S/C30H45IO15S2/c1-14(2)9-22(32)44-25-24(46-48(39,40)41)23(45-47(36,37)38)20(13-31)43-28(25)42-17-10-18(27(34)35)19-7-8-30-11-16(15(3)26(30)33)5-6-21(30)29(19,4)12-17/h14,16-21,23-26,28,33H,3,5-13H2,1-2,4H3,(H,34,35)(H,36,37,38)(H,39,40,41)/t16-,17-,18-,19-,20-,21+,23-,24+,25-,26-,28-,29-,30-/m1/s1/i31-2. The number of halogens is 1. The second-order valence-corrected chi connectivity index (χ2v) is 17.7. The number of aliphatic hydroxyl groups excluding tert-OH is 1. The third kappa shape index (κ3) is 7.48. The number of carbonyl (C=O) groups excluding carboxylic acids is 1. The zero-order valence-corrected chi connectivity index (χ0v) is 30.8. The van der Waals surface area contributed by atoms with E-state index in [1.807, 2.05) is 6.92 Å². The molecule has 4 N–H and O–H groups in total. The lowest BCUT2D eigenvalue weighted by atomic mass is 9.43. The number of carboxylic acids is 1. The highest BCUT2D eigenvalue weighted by atomic mass is 125. The van der Waals surface area contributed by atoms with Gasteiger partial charge in [0, 0.05) is 16.3 Å². The summed E-state index contributed by atoms with van der Waals surface area (Å²) in [7, 11) is -10.6. The van der Waals surface area contributed by atoms with E-state index >= 15 is 0 Å². The van der Waals surface area contributed by atoms with Gasteiger partial charge in [0.1, 0.15) is 12.2 Å². The van der Waals surface area contributed by atoms with Crippen LogP contribution in [0.1, 0.15) is 72.1 Å². The molecule has 0 aromatic rings. The van der Waals surface area contributed by atoms with Crippen molar-refractivity contribution < 1.29 is 68.3 Å². The molecule has 4 aliphatic carbocycles. The molecule has 0 unspecified atom stereocenters. The maximum absolute atomic E-state index is 13.0. The molecule has 4 saturated carbocycles. The van der Waals surface area contributed by atoms with Crippen molar-refractivity contribution in [1.82, 2.24) is 0 Å². The third-order valence-electron chi connectivity index (χ3n) is 11.5. The van der Waals surface area contributed by atoms with Crippen molar-refractivity contribution >= 4 is 55.3 Å². The summed E-state index contributed by atoms with van der Waals surface area (Å²) in [5.74, 6) is -2.96. The van der Waals surface area contributed by atoms with Gasteiger partial charge in [-0.05, 0) is 79.6 Å². The van der Waals surface area contributed by atoms with Crippen molar-refractivity contribution in [2.75, 3.05) is 4.43 Å². The first-order chi connectivity index (χ1) is 22.2. The Balaban J connectivity index is 1.51. The van der Waals surface area contributed by atoms with Crippen LogP contribution in [0.4, 0.5) is 0 Å². The average Bonchev–Trinajstić information content (AvgIpc) is 3.12. The first-order valence-corrected chi connectivity index (χ1v) is 20.4. The van der Waals surface area contributed by atoms with Crippen molar-refractivity contribution in [3.05, 3.63) is 12.2 Å². The molecule has 48 heavy (non-hydrogen) atoms. The van der Waals surface area contributed by atoms with Gasteiger partial charge in [-0.2, -0.15) is 16.8 Å². The molecule has 5 fully saturated rings. The molecule has 0 aromatic carbocycles. The molecular weight excluding hydrogens is 789 g/mol. The Bertz CT molecular complexity index is 1490. The summed E-state index contributed by atoms with van der Waals surface area (Å²) in [5.41, 5.74) is -0.216. The maximum Gasteiger partial charge on any atom is 0.397 e. The van der Waals surface area contributed by atoms with Gasteiger partial charge in [0.2, 0.25) is 0 Å². The summed E-state index contributed by atoms with van der Waals surface area (Å²) >= 11 is 1.80. The summed E-state index contributed by atoms with van der Waals surface area (Å²) in [6.07, 6.45) is -6.41. The Hall–Kier alpha value is -0.970. The van der Waals surface area contributed by atoms with E-state index in [4.69, 9.17) is 22.6 Å². The molecule has 0 amide bonds. The van der Waals surface area contributed by atoms with E-state index in [1.165, 1.54) is 0 Å². The molecule has 15 nitrogen and oxygen atoms in total. The van der Waals surface area contributed by atoms with Crippen molar-refractivity contribution in [3.8, 4) is 0 Å². The van der Waals surface area contributed by atoms with Crippen LogP contribution in [0.2, 0.25) is 0 Å². The molecule has 5 aliphatic rings. The summed E-state index contributed by atoms with van der Waals surface area (Å²) in [4.78, 5) is 25.7. The van der Waals surface area contributed by atoms with E-state index in [0.717, 1.165) is 24.8 Å². The Morgan fingerprint density at radius 1 is 1.04 bits per heavy atom. The number of hydrogen-bond donors (Lipinski definition) is 4. The molecule has 1 spiro atoms. The van der Waals surface area contributed by atoms with Crippen LogP contribution in [0.5, 0.6) is 0 Å². The van der Waals surface area contributed by atoms with Gasteiger partial charge in [0.25, 0.3) is 0 Å². The van der Waals surface area contributed by atoms with Gasteiger partial charge < -0.3 is 24.4 Å². The molecule has 0 aromatic heterocycles. The van der Waals surface area contributed by atoms with E-state index in [2.05, 4.69) is 6.58 Å². The number of fused-ring (bicyclic) bond motifs is 3. The highest BCUT2D eigenvalue weighted by Gasteiger charge is 2.67. The van der Waals surface area contributed by atoms with Crippen molar-refractivity contribution in [3.63, 3.8) is 0 Å². The van der Waals surface area contributed by atoms with E-state index in [1.54, 1.807) is 36.4 Å². The Morgan fingerprint density at radius 3 is 2.27 bits per heavy atom. The Labute approximate surface area is 294 Å². The molecule has 1 saturated heterocycles. The van der Waals surface area contributed by atoms with Crippen LogP contribution < -0.4 is 0 Å². The number of carbonyl (C=O) groups is 2. The van der Waals surface area contributed by atoms with Crippen LogP contribution in [0, 0.1) is 40.4 Å². The highest BCUT2D eigenvalue weighted by molar-refractivity contribution is 14.1. The van der Waals surface area contributed by atoms with Crippen LogP contribution in [0.15, 0.2) is 12.2 Å². The Morgan fingerprint density at radius 2 is 1.69 bits per heavy atom. The van der Waals surface area contributed by atoms with Crippen LogP contribution in [0.3, 0.4) is 0 Å². The molecule has 18 heteroatoms. The molecule has 1 heterocycles. The third-order valence-corrected chi connectivity index (χ3v) is 13.3. The fourth-order valence-corrected chi connectivity index (χ4v) is 11.5. The number of rotatable bonds is 11. The zero-order chi connectivity index (χ0) is 35.6. The second-order valence-electron chi connectivity index (χ2n) is 14.8. The lowest BCUT2D eigenvalue weighted by Gasteiger charge is -2.62. The predicted molar refractivity (Wildman–Crippen MR) is 174 cm³/mol. The van der Waals surface area contributed by atoms with Crippen molar-refractivity contribution in [2.45, 2.75) is 115 Å². The average molecular weight is 835 g/mol. The lowest BCUT2D eigenvalue weighted by molar-refractivity contribution is -0.308. The quantitative estimate of drug-likeness (QED) is 0.0586. The first kappa shape index (κ1) is 38.3. The SMILES string of the molecule is C=C1[C@@H]2CC[C@H]3[C@]4(C)C[C@H](O[C@@H]5O[C@H](C[125I])[C@@H](OS(=O)(=O)O)[C@H](OS(=O)(=O)O)[C@H]5OC(=O)CC(C)C)C[C@@H](C(=O)O)[C@H]4CC[C@]3(C2)[C@@H]1O. The molecule has 2 bridgehead atoms. The minimum Gasteiger partial charge on any atom is -0.481 e. The minimum atomic E-state index is -5.34. The molecule has 1 aliphatic heterocycles. The summed E-state index contributed by atoms with van der Waals surface area (Å²) < 4.78 is 94.5. The van der Waals surface area contributed by atoms with E-state index in [0.29, 0.717) is 19.3 Å². The molecule has 0 radical (unpaired) electrons. The number of alkyl halides is 1. The fraction of sp³-hybridized carbons (Fsp3) is 0.867. The largest absolute Gasteiger partial charge is 0.481 e. The van der Waals surface area contributed by atoms with Gasteiger partial charge in [-0.3, -0.25) is 18.7 Å². The number of aliphatic hydroxyl groups is 1. The minimum absolute atomic E-state index is 0.0420. The molecule has 5 rings (SSSR count). The zero-order valence-electron chi connectivity index (χ0n) is 27.0. The number of ether oxygens (including phenoxy) is 3. The topological polar surface area (TPSA) is 229 Å². The van der Waals surface area contributed by atoms with E-state index in [-0.39, 0.29) is 40.9 Å². The lowest BCUT2D eigenvalue weighted by Crippen LogP contribution is -2.64. The predicted octanol–water partition coefficient (Wildman–Crippen LogP) is 3.11. The molecule has 274 valence electrons. The maximum atomic E-state index is 13.0. The van der Waals surface area contributed by atoms with E-state index < -0.39 is 92.4 Å². The van der Waals surface area contributed by atoms with Crippen LogP contribution in [-0.2, 0) is 53.0 Å². The second kappa shape index (κ2) is 13.9. The summed E-state index contributed by atoms with van der Waals surface area (Å²) in [6.45, 7) is 9.68. The van der Waals surface area contributed by atoms with Crippen molar-refractivity contribution in [1.29, 1.82) is 0 Å².